The second-order valence-electron chi connectivity index (χ2n) is 7.38. The van der Waals surface area contributed by atoms with E-state index < -0.39 is 0 Å². The Morgan fingerprint density at radius 2 is 1.97 bits per heavy atom. The molecule has 2 N–H and O–H groups in total. The van der Waals surface area contributed by atoms with E-state index in [0.717, 1.165) is 44.9 Å². The van der Waals surface area contributed by atoms with Gasteiger partial charge in [-0.25, -0.2) is 15.0 Å². The van der Waals surface area contributed by atoms with Gasteiger partial charge in [0, 0.05) is 17.4 Å². The van der Waals surface area contributed by atoms with Crippen LogP contribution in [0.3, 0.4) is 0 Å². The third kappa shape index (κ3) is 4.46. The molecule has 0 radical (unpaired) electrons. The van der Waals surface area contributed by atoms with Crippen molar-refractivity contribution in [3.63, 3.8) is 0 Å². The van der Waals surface area contributed by atoms with Gasteiger partial charge in [0.05, 0.1) is 16.7 Å². The number of aryl methyl sites for hydroxylation is 2. The van der Waals surface area contributed by atoms with Crippen molar-refractivity contribution in [2.45, 2.75) is 20.8 Å². The van der Waals surface area contributed by atoms with Crippen molar-refractivity contribution >= 4 is 28.2 Å². The molecule has 2 aromatic carbocycles. The summed E-state index contributed by atoms with van der Waals surface area (Å²) in [5.74, 6) is 1.39. The van der Waals surface area contributed by atoms with Gasteiger partial charge in [-0.15, -0.1) is 0 Å². The van der Waals surface area contributed by atoms with E-state index >= 15 is 0 Å². The lowest BCUT2D eigenvalue weighted by atomic mass is 10.1. The molecule has 0 saturated heterocycles. The molecule has 0 aliphatic rings. The SMILES string of the molecule is C=C/C(=C\C=C/C)c1ccnc(Nc2cc3nc(-c4cccc(C)c4)[nH]c3cc2C)n1. The van der Waals surface area contributed by atoms with Crippen LogP contribution in [0.15, 0.2) is 79.5 Å². The highest BCUT2D eigenvalue weighted by atomic mass is 15.1. The summed E-state index contributed by atoms with van der Waals surface area (Å²) < 4.78 is 0. The molecule has 5 heteroatoms. The first kappa shape index (κ1) is 20.3. The molecule has 5 nitrogen and oxygen atoms in total. The summed E-state index contributed by atoms with van der Waals surface area (Å²) >= 11 is 0. The maximum atomic E-state index is 4.79. The lowest BCUT2D eigenvalue weighted by Crippen LogP contribution is -2.00. The molecule has 0 fully saturated rings. The van der Waals surface area contributed by atoms with Crippen molar-refractivity contribution in [1.29, 1.82) is 0 Å². The number of imidazole rings is 1. The molecule has 0 saturated carbocycles. The molecule has 0 atom stereocenters. The third-order valence-corrected chi connectivity index (χ3v) is 5.01. The zero-order valence-corrected chi connectivity index (χ0v) is 18.0. The first-order chi connectivity index (χ1) is 15.1. The van der Waals surface area contributed by atoms with Crippen molar-refractivity contribution in [2.24, 2.45) is 0 Å². The number of fused-ring (bicyclic) bond motifs is 1. The van der Waals surface area contributed by atoms with Crippen LogP contribution in [0.5, 0.6) is 0 Å². The molecule has 31 heavy (non-hydrogen) atoms. The number of aromatic amines is 1. The van der Waals surface area contributed by atoms with Gasteiger partial charge < -0.3 is 10.3 Å². The number of H-pyrrole nitrogens is 1. The fraction of sp³-hybridized carbons (Fsp3) is 0.115. The predicted octanol–water partition coefficient (Wildman–Crippen LogP) is 6.53. The van der Waals surface area contributed by atoms with Gasteiger partial charge in [0.15, 0.2) is 0 Å². The molecule has 0 unspecified atom stereocenters. The Kier molecular flexibility index (Phi) is 5.76. The molecular formula is C26H25N5. The van der Waals surface area contributed by atoms with Gasteiger partial charge >= 0.3 is 0 Å². The fourth-order valence-electron chi connectivity index (χ4n) is 3.39. The normalized spacial score (nSPS) is 11.9. The number of hydrogen-bond acceptors (Lipinski definition) is 4. The van der Waals surface area contributed by atoms with Crippen LogP contribution in [0.2, 0.25) is 0 Å². The third-order valence-electron chi connectivity index (χ3n) is 5.01. The number of nitrogens with one attached hydrogen (secondary N) is 2. The molecule has 2 heterocycles. The summed E-state index contributed by atoms with van der Waals surface area (Å²) in [6, 6.07) is 14.3. The number of allylic oxidation sites excluding steroid dienone is 5. The second-order valence-corrected chi connectivity index (χ2v) is 7.38. The summed E-state index contributed by atoms with van der Waals surface area (Å²) in [5, 5.41) is 3.34. The Morgan fingerprint density at radius 3 is 2.74 bits per heavy atom. The van der Waals surface area contributed by atoms with Gasteiger partial charge in [-0.05, 0) is 56.2 Å². The van der Waals surface area contributed by atoms with Gasteiger partial charge in [0.25, 0.3) is 0 Å². The number of hydrogen-bond donors (Lipinski definition) is 2. The highest BCUT2D eigenvalue weighted by molar-refractivity contribution is 5.85. The molecule has 0 aliphatic carbocycles. The summed E-state index contributed by atoms with van der Waals surface area (Å²) in [6.07, 6.45) is 9.45. The summed E-state index contributed by atoms with van der Waals surface area (Å²) in [5.41, 5.74) is 7.91. The summed E-state index contributed by atoms with van der Waals surface area (Å²) in [7, 11) is 0. The standard InChI is InChI=1S/C26H25N5/c1-5-7-10-19(6-2)21-12-13-27-26(30-21)31-22-16-24-23(15-18(22)4)28-25(29-24)20-11-8-9-17(3)14-20/h5-16H,2H2,1,3-4H3,(H,28,29)(H,27,30,31)/b7-5-,19-10+. The Morgan fingerprint density at radius 1 is 1.10 bits per heavy atom. The zero-order chi connectivity index (χ0) is 21.8. The molecule has 4 aromatic rings. The van der Waals surface area contributed by atoms with Crippen molar-refractivity contribution < 1.29 is 0 Å². The van der Waals surface area contributed by atoms with E-state index in [2.05, 4.69) is 65.0 Å². The Bertz CT molecular complexity index is 1310. The zero-order valence-electron chi connectivity index (χ0n) is 18.0. The van der Waals surface area contributed by atoms with Crippen molar-refractivity contribution in [3.8, 4) is 11.4 Å². The maximum Gasteiger partial charge on any atom is 0.227 e. The van der Waals surface area contributed by atoms with Crippen LogP contribution >= 0.6 is 0 Å². The van der Waals surface area contributed by atoms with Gasteiger partial charge in [0.1, 0.15) is 5.82 Å². The molecule has 0 spiro atoms. The van der Waals surface area contributed by atoms with E-state index in [-0.39, 0.29) is 0 Å². The fourth-order valence-corrected chi connectivity index (χ4v) is 3.39. The van der Waals surface area contributed by atoms with Crippen LogP contribution in [0.4, 0.5) is 11.6 Å². The lowest BCUT2D eigenvalue weighted by Gasteiger charge is -2.09. The number of anilines is 2. The first-order valence-corrected chi connectivity index (χ1v) is 10.2. The molecular weight excluding hydrogens is 382 g/mol. The largest absolute Gasteiger partial charge is 0.338 e. The second kappa shape index (κ2) is 8.79. The summed E-state index contributed by atoms with van der Waals surface area (Å²) in [4.78, 5) is 17.3. The van der Waals surface area contributed by atoms with Crippen molar-refractivity contribution in [2.75, 3.05) is 5.32 Å². The van der Waals surface area contributed by atoms with Crippen LogP contribution in [0, 0.1) is 13.8 Å². The number of aromatic nitrogens is 4. The highest BCUT2D eigenvalue weighted by Crippen LogP contribution is 2.27. The number of rotatable bonds is 6. The van der Waals surface area contributed by atoms with E-state index in [1.165, 1.54) is 5.56 Å². The van der Waals surface area contributed by atoms with Crippen molar-refractivity contribution in [3.05, 3.63) is 96.4 Å². The maximum absolute atomic E-state index is 4.79. The van der Waals surface area contributed by atoms with Crippen LogP contribution in [-0.4, -0.2) is 19.9 Å². The monoisotopic (exact) mass is 407 g/mol. The Balaban J connectivity index is 1.67. The van der Waals surface area contributed by atoms with E-state index in [9.17, 15) is 0 Å². The van der Waals surface area contributed by atoms with E-state index in [1.807, 2.05) is 43.4 Å². The van der Waals surface area contributed by atoms with Gasteiger partial charge in [-0.2, -0.15) is 0 Å². The van der Waals surface area contributed by atoms with Crippen molar-refractivity contribution in [1.82, 2.24) is 19.9 Å². The Labute approximate surface area is 182 Å². The minimum absolute atomic E-state index is 0.530. The molecule has 154 valence electrons. The van der Waals surface area contributed by atoms with Gasteiger partial charge in [0.2, 0.25) is 5.95 Å². The number of benzene rings is 2. The summed E-state index contributed by atoms with van der Waals surface area (Å²) in [6.45, 7) is 10.0. The molecule has 0 amide bonds. The van der Waals surface area contributed by atoms with E-state index in [0.29, 0.717) is 5.95 Å². The molecule has 0 bridgehead atoms. The van der Waals surface area contributed by atoms with Crippen LogP contribution < -0.4 is 5.32 Å². The highest BCUT2D eigenvalue weighted by Gasteiger charge is 2.10. The van der Waals surface area contributed by atoms with Gasteiger partial charge in [-0.3, -0.25) is 0 Å². The average molecular weight is 408 g/mol. The predicted molar refractivity (Wildman–Crippen MR) is 129 cm³/mol. The Hall–Kier alpha value is -3.99. The van der Waals surface area contributed by atoms with Crippen LogP contribution in [0.25, 0.3) is 28.0 Å². The van der Waals surface area contributed by atoms with E-state index in [4.69, 9.17) is 4.98 Å². The minimum atomic E-state index is 0.530. The average Bonchev–Trinajstić information content (AvgIpc) is 3.18. The van der Waals surface area contributed by atoms with Crippen LogP contribution in [-0.2, 0) is 0 Å². The minimum Gasteiger partial charge on any atom is -0.338 e. The van der Waals surface area contributed by atoms with E-state index in [1.54, 1.807) is 12.3 Å². The van der Waals surface area contributed by atoms with Crippen LogP contribution in [0.1, 0.15) is 23.7 Å². The smallest absolute Gasteiger partial charge is 0.227 e. The molecule has 0 aliphatic heterocycles. The van der Waals surface area contributed by atoms with Gasteiger partial charge in [-0.1, -0.05) is 54.6 Å². The molecule has 4 rings (SSSR count). The number of nitrogens with zero attached hydrogens (tertiary/aromatic N) is 3. The quantitative estimate of drug-likeness (QED) is 0.357. The lowest BCUT2D eigenvalue weighted by molar-refractivity contribution is 1.14. The molecule has 2 aromatic heterocycles. The first-order valence-electron chi connectivity index (χ1n) is 10.2. The topological polar surface area (TPSA) is 66.5 Å².